The van der Waals surface area contributed by atoms with Gasteiger partial charge in [0.1, 0.15) is 0 Å². The van der Waals surface area contributed by atoms with Crippen molar-refractivity contribution in [1.82, 2.24) is 0 Å². The molecule has 0 atom stereocenters. The van der Waals surface area contributed by atoms with Crippen LogP contribution in [0.1, 0.15) is 29.2 Å². The van der Waals surface area contributed by atoms with Crippen LogP contribution in [0.2, 0.25) is 0 Å². The molecule has 0 saturated carbocycles. The predicted octanol–water partition coefficient (Wildman–Crippen LogP) is 13.8. The molecule has 0 fully saturated rings. The molecular weight excluding hydrogens is 657 g/mol. The monoisotopic (exact) mass is 690 g/mol. The van der Waals surface area contributed by atoms with E-state index in [2.05, 4.69) is 150 Å². The van der Waals surface area contributed by atoms with Crippen LogP contribution < -0.4 is 9.80 Å². The van der Waals surface area contributed by atoms with Gasteiger partial charge in [-0.3, -0.25) is 0 Å². The highest BCUT2D eigenvalue weighted by molar-refractivity contribution is 6.28. The lowest BCUT2D eigenvalue weighted by Gasteiger charge is -2.29. The Bertz CT molecular complexity index is 2980. The lowest BCUT2D eigenvalue weighted by Crippen LogP contribution is -2.12. The van der Waals surface area contributed by atoms with E-state index < -0.39 is 0 Å². The number of nitriles is 2. The molecule has 0 N–H and O–H groups in total. The molecule has 4 heteroatoms. The van der Waals surface area contributed by atoms with Crippen molar-refractivity contribution >= 4 is 83.3 Å². The van der Waals surface area contributed by atoms with Crippen LogP contribution >= 0.6 is 0 Å². The summed E-state index contributed by atoms with van der Waals surface area (Å²) in [5.74, 6) is 0. The van der Waals surface area contributed by atoms with Crippen molar-refractivity contribution in [3.8, 4) is 12.1 Å². The number of benzene rings is 9. The van der Waals surface area contributed by atoms with Crippen molar-refractivity contribution in [1.29, 1.82) is 10.5 Å². The summed E-state index contributed by atoms with van der Waals surface area (Å²) in [4.78, 5) is 4.61. The number of aryl methyl sites for hydroxylation is 1. The first-order valence-corrected chi connectivity index (χ1v) is 18.1. The molecule has 0 unspecified atom stereocenters. The molecular formula is C50H34N4. The van der Waals surface area contributed by atoms with Crippen molar-refractivity contribution in [2.24, 2.45) is 0 Å². The number of anilines is 6. The fourth-order valence-electron chi connectivity index (χ4n) is 7.83. The minimum Gasteiger partial charge on any atom is -0.310 e. The first-order valence-electron chi connectivity index (χ1n) is 18.1. The number of fused-ring (bicyclic) bond motifs is 1. The van der Waals surface area contributed by atoms with Crippen LogP contribution in [0.25, 0.3) is 49.2 Å². The van der Waals surface area contributed by atoms with E-state index in [-0.39, 0.29) is 0 Å². The van der Waals surface area contributed by atoms with Gasteiger partial charge >= 0.3 is 0 Å². The molecule has 54 heavy (non-hydrogen) atoms. The highest BCUT2D eigenvalue weighted by Crippen LogP contribution is 2.48. The van der Waals surface area contributed by atoms with E-state index in [1.54, 1.807) is 0 Å². The summed E-state index contributed by atoms with van der Waals surface area (Å²) in [6, 6.07) is 59.7. The molecule has 0 aliphatic rings. The third-order valence-electron chi connectivity index (χ3n) is 10.5. The highest BCUT2D eigenvalue weighted by Gasteiger charge is 2.22. The van der Waals surface area contributed by atoms with Crippen LogP contribution in [0.3, 0.4) is 0 Å². The van der Waals surface area contributed by atoms with Gasteiger partial charge < -0.3 is 9.80 Å². The van der Waals surface area contributed by atoms with Crippen LogP contribution in [0, 0.1) is 29.6 Å². The number of nitrogens with zero attached hydrogens (tertiary/aromatic N) is 4. The molecule has 0 heterocycles. The minimum absolute atomic E-state index is 0.623. The zero-order valence-corrected chi connectivity index (χ0v) is 30.0. The summed E-state index contributed by atoms with van der Waals surface area (Å²) in [6.45, 7) is 4.18. The Kier molecular flexibility index (Phi) is 8.00. The lowest BCUT2D eigenvalue weighted by atomic mass is 9.91. The average molecular weight is 691 g/mol. The summed E-state index contributed by atoms with van der Waals surface area (Å²) in [5.41, 5.74) is 9.75. The lowest BCUT2D eigenvalue weighted by molar-refractivity contribution is 1.28. The van der Waals surface area contributed by atoms with Crippen molar-refractivity contribution in [2.75, 3.05) is 9.80 Å². The highest BCUT2D eigenvalue weighted by atomic mass is 15.1. The summed E-state index contributed by atoms with van der Waals surface area (Å²) in [7, 11) is 0. The standard InChI is InChI=1S/C50H34N4/c1-3-6-39-29-43(19-9-33(39)2)53(41-20-10-34(31-51)11-21-41)47-27-17-37-16-26-46-48(28-18-38-15-25-45(47)49(37)50(38)46)54(42-22-12-35(32-52)13-23-42)44-24-14-36-7-4-5-8-40(36)30-44/h3-30H,1-2H3/b6-3-. The van der Waals surface area contributed by atoms with Gasteiger partial charge in [0.2, 0.25) is 0 Å². The second kappa shape index (κ2) is 13.3. The minimum atomic E-state index is 0.623. The van der Waals surface area contributed by atoms with Gasteiger partial charge in [0, 0.05) is 33.5 Å². The Morgan fingerprint density at radius 1 is 0.463 bits per heavy atom. The van der Waals surface area contributed by atoms with Gasteiger partial charge in [-0.15, -0.1) is 0 Å². The van der Waals surface area contributed by atoms with Gasteiger partial charge in [-0.05, 0) is 142 Å². The van der Waals surface area contributed by atoms with E-state index >= 15 is 0 Å². The number of rotatable bonds is 7. The van der Waals surface area contributed by atoms with Gasteiger partial charge in [0.05, 0.1) is 34.6 Å². The molecule has 0 aliphatic heterocycles. The molecule has 4 nitrogen and oxygen atoms in total. The summed E-state index contributed by atoms with van der Waals surface area (Å²) >= 11 is 0. The number of allylic oxidation sites excluding steroid dienone is 1. The van der Waals surface area contributed by atoms with E-state index in [0.29, 0.717) is 11.1 Å². The fourth-order valence-corrected chi connectivity index (χ4v) is 7.83. The molecule has 0 aliphatic carbocycles. The van der Waals surface area contributed by atoms with Gasteiger partial charge in [0.15, 0.2) is 0 Å². The first kappa shape index (κ1) is 32.5. The second-order valence-electron chi connectivity index (χ2n) is 13.7. The molecule has 0 amide bonds. The van der Waals surface area contributed by atoms with Crippen molar-refractivity contribution in [2.45, 2.75) is 13.8 Å². The van der Waals surface area contributed by atoms with Crippen LogP contribution in [0.5, 0.6) is 0 Å². The molecule has 0 radical (unpaired) electrons. The number of hydrogen-bond acceptors (Lipinski definition) is 4. The molecule has 9 aromatic carbocycles. The van der Waals surface area contributed by atoms with Crippen molar-refractivity contribution < 1.29 is 0 Å². The molecule has 0 saturated heterocycles. The van der Waals surface area contributed by atoms with Crippen molar-refractivity contribution in [3.63, 3.8) is 0 Å². The molecule has 254 valence electrons. The normalized spacial score (nSPS) is 11.4. The molecule has 0 aromatic heterocycles. The molecule has 9 aromatic rings. The van der Waals surface area contributed by atoms with Gasteiger partial charge in [-0.25, -0.2) is 0 Å². The molecule has 9 rings (SSSR count). The zero-order chi connectivity index (χ0) is 36.8. The van der Waals surface area contributed by atoms with Crippen LogP contribution in [-0.2, 0) is 0 Å². The Morgan fingerprint density at radius 2 is 0.926 bits per heavy atom. The van der Waals surface area contributed by atoms with E-state index in [4.69, 9.17) is 0 Å². The fraction of sp³-hybridized carbons (Fsp3) is 0.0400. The molecule has 0 bridgehead atoms. The zero-order valence-electron chi connectivity index (χ0n) is 30.0. The Labute approximate surface area is 314 Å². The maximum atomic E-state index is 9.62. The third kappa shape index (κ3) is 5.46. The van der Waals surface area contributed by atoms with Gasteiger partial charge in [0.25, 0.3) is 0 Å². The summed E-state index contributed by atoms with van der Waals surface area (Å²) < 4.78 is 0. The topological polar surface area (TPSA) is 54.1 Å². The molecule has 0 spiro atoms. The van der Waals surface area contributed by atoms with Crippen LogP contribution in [0.4, 0.5) is 34.1 Å². The SMILES string of the molecule is C/C=C\c1cc(N(c2ccc(C#N)cc2)c2ccc3ccc4c(N(c5ccc(C#N)cc5)c5ccc6ccccc6c5)ccc5ccc2c3c54)ccc1C. The summed E-state index contributed by atoms with van der Waals surface area (Å²) in [6.07, 6.45) is 4.22. The third-order valence-corrected chi connectivity index (χ3v) is 10.5. The van der Waals surface area contributed by atoms with E-state index in [1.165, 1.54) is 21.7 Å². The van der Waals surface area contributed by atoms with E-state index in [9.17, 15) is 10.5 Å². The van der Waals surface area contributed by atoms with E-state index in [0.717, 1.165) is 66.6 Å². The Morgan fingerprint density at radius 3 is 1.46 bits per heavy atom. The number of hydrogen-bond donors (Lipinski definition) is 0. The second-order valence-corrected chi connectivity index (χ2v) is 13.7. The van der Waals surface area contributed by atoms with Crippen LogP contribution in [0.15, 0.2) is 164 Å². The van der Waals surface area contributed by atoms with Crippen LogP contribution in [-0.4, -0.2) is 0 Å². The largest absolute Gasteiger partial charge is 0.310 e. The Hall–Kier alpha value is -7.40. The predicted molar refractivity (Wildman–Crippen MR) is 226 cm³/mol. The van der Waals surface area contributed by atoms with Gasteiger partial charge in [-0.1, -0.05) is 84.9 Å². The first-order chi connectivity index (χ1) is 26.5. The quantitative estimate of drug-likeness (QED) is 0.156. The maximum Gasteiger partial charge on any atom is 0.0991 e. The smallest absolute Gasteiger partial charge is 0.0991 e. The van der Waals surface area contributed by atoms with Crippen molar-refractivity contribution in [3.05, 3.63) is 186 Å². The van der Waals surface area contributed by atoms with E-state index in [1.807, 2.05) is 55.5 Å². The average Bonchev–Trinajstić information content (AvgIpc) is 3.22. The maximum absolute atomic E-state index is 9.62. The summed E-state index contributed by atoms with van der Waals surface area (Å²) in [5, 5.41) is 28.6. The van der Waals surface area contributed by atoms with Gasteiger partial charge in [-0.2, -0.15) is 10.5 Å². The Balaban J connectivity index is 1.30.